The number of hydrogen-bond acceptors (Lipinski definition) is 3. The summed E-state index contributed by atoms with van der Waals surface area (Å²) in [5, 5.41) is 11.5. The predicted molar refractivity (Wildman–Crippen MR) is 104 cm³/mol. The molecule has 1 fully saturated rings. The van der Waals surface area contributed by atoms with Gasteiger partial charge in [0.2, 0.25) is 0 Å². The van der Waals surface area contributed by atoms with Gasteiger partial charge in [-0.1, -0.05) is 24.8 Å². The largest absolute Gasteiger partial charge is 0.382 e. The molecule has 1 saturated heterocycles. The summed E-state index contributed by atoms with van der Waals surface area (Å²) in [5.41, 5.74) is 3.08. The van der Waals surface area contributed by atoms with E-state index in [-0.39, 0.29) is 5.56 Å². The van der Waals surface area contributed by atoms with E-state index in [1.165, 1.54) is 18.9 Å². The fourth-order valence-electron chi connectivity index (χ4n) is 3.59. The standard InChI is InChI=1S/C21H22F2N4/c1-14(24-9-12-27-10-2-3-11-27)21-17-13-15(7-8-19(17)25-26-21)16-5-4-6-18(22)20(16)23/h4-8,13,24H,1-3,9-12H2,(H,25,26). The minimum Gasteiger partial charge on any atom is -0.382 e. The molecule has 6 heteroatoms. The molecule has 4 nitrogen and oxygen atoms in total. The average Bonchev–Trinajstić information content (AvgIpc) is 3.33. The number of nitrogens with one attached hydrogen (secondary N) is 2. The van der Waals surface area contributed by atoms with E-state index in [9.17, 15) is 8.78 Å². The molecule has 2 N–H and O–H groups in total. The first kappa shape index (κ1) is 17.7. The number of nitrogens with zero attached hydrogens (tertiary/aromatic N) is 2. The molecular formula is C21H22F2N4. The predicted octanol–water partition coefficient (Wildman–Crippen LogP) is 4.16. The molecule has 0 radical (unpaired) electrons. The lowest BCUT2D eigenvalue weighted by atomic mass is 10.0. The highest BCUT2D eigenvalue weighted by molar-refractivity contribution is 5.92. The summed E-state index contributed by atoms with van der Waals surface area (Å²) in [5.74, 6) is -1.70. The molecule has 3 aromatic rings. The zero-order valence-electron chi connectivity index (χ0n) is 15.1. The molecule has 4 rings (SSSR count). The first-order valence-electron chi connectivity index (χ1n) is 9.21. The third-order valence-corrected chi connectivity index (χ3v) is 5.08. The summed E-state index contributed by atoms with van der Waals surface area (Å²) >= 11 is 0. The van der Waals surface area contributed by atoms with Gasteiger partial charge in [0.25, 0.3) is 0 Å². The Bertz CT molecular complexity index is 973. The molecule has 1 aliphatic heterocycles. The van der Waals surface area contributed by atoms with Crippen LogP contribution in [0.15, 0.2) is 43.0 Å². The Morgan fingerprint density at radius 3 is 2.81 bits per heavy atom. The normalized spacial score (nSPS) is 14.7. The second-order valence-electron chi connectivity index (χ2n) is 6.89. The fraction of sp³-hybridized carbons (Fsp3) is 0.286. The monoisotopic (exact) mass is 368 g/mol. The second kappa shape index (κ2) is 7.48. The SMILES string of the molecule is C=C(NCCN1CCCC1)c1n[nH]c2ccc(-c3cccc(F)c3F)cc12. The number of rotatable bonds is 6. The zero-order chi connectivity index (χ0) is 18.8. The van der Waals surface area contributed by atoms with Crippen molar-refractivity contribution in [3.63, 3.8) is 0 Å². The van der Waals surface area contributed by atoms with Gasteiger partial charge in [0.15, 0.2) is 11.6 Å². The Kier molecular flexibility index (Phi) is 4.90. The van der Waals surface area contributed by atoms with Gasteiger partial charge < -0.3 is 10.2 Å². The molecule has 0 amide bonds. The minimum absolute atomic E-state index is 0.233. The van der Waals surface area contributed by atoms with Gasteiger partial charge in [-0.25, -0.2) is 8.78 Å². The van der Waals surface area contributed by atoms with Gasteiger partial charge in [-0.15, -0.1) is 0 Å². The number of aromatic nitrogens is 2. The van der Waals surface area contributed by atoms with Crippen LogP contribution in [-0.2, 0) is 0 Å². The Labute approximate surface area is 156 Å². The van der Waals surface area contributed by atoms with Crippen LogP contribution < -0.4 is 5.32 Å². The van der Waals surface area contributed by atoms with E-state index in [1.54, 1.807) is 12.1 Å². The maximum atomic E-state index is 14.2. The first-order valence-corrected chi connectivity index (χ1v) is 9.21. The molecular weight excluding hydrogens is 346 g/mol. The number of H-pyrrole nitrogens is 1. The van der Waals surface area contributed by atoms with E-state index in [2.05, 4.69) is 27.0 Å². The number of halogens is 2. The second-order valence-corrected chi connectivity index (χ2v) is 6.89. The van der Waals surface area contributed by atoms with Crippen molar-refractivity contribution < 1.29 is 8.78 Å². The molecule has 0 saturated carbocycles. The Hall–Kier alpha value is -2.73. The van der Waals surface area contributed by atoms with Crippen LogP contribution in [0.3, 0.4) is 0 Å². The van der Waals surface area contributed by atoms with Crippen LogP contribution in [0, 0.1) is 11.6 Å². The zero-order valence-corrected chi connectivity index (χ0v) is 15.1. The van der Waals surface area contributed by atoms with E-state index in [4.69, 9.17) is 0 Å². The molecule has 2 aromatic carbocycles. The molecule has 2 heterocycles. The number of aromatic amines is 1. The van der Waals surface area contributed by atoms with Crippen molar-refractivity contribution in [1.82, 2.24) is 20.4 Å². The quantitative estimate of drug-likeness (QED) is 0.687. The Balaban J connectivity index is 1.56. The lowest BCUT2D eigenvalue weighted by molar-refractivity contribution is 0.343. The summed E-state index contributed by atoms with van der Waals surface area (Å²) in [7, 11) is 0. The van der Waals surface area contributed by atoms with Crippen molar-refractivity contribution >= 4 is 16.6 Å². The molecule has 0 aliphatic carbocycles. The average molecular weight is 368 g/mol. The highest BCUT2D eigenvalue weighted by Crippen LogP contribution is 2.29. The Morgan fingerprint density at radius 2 is 2.00 bits per heavy atom. The lowest BCUT2D eigenvalue weighted by Crippen LogP contribution is -2.29. The number of hydrogen-bond donors (Lipinski definition) is 2. The van der Waals surface area contributed by atoms with Gasteiger partial charge in [-0.3, -0.25) is 5.10 Å². The molecule has 0 bridgehead atoms. The number of likely N-dealkylation sites (tertiary alicyclic amines) is 1. The lowest BCUT2D eigenvalue weighted by Gasteiger charge is -2.15. The van der Waals surface area contributed by atoms with Crippen molar-refractivity contribution in [2.75, 3.05) is 26.2 Å². The summed E-state index contributed by atoms with van der Waals surface area (Å²) < 4.78 is 27.7. The topological polar surface area (TPSA) is 44.0 Å². The minimum atomic E-state index is -0.854. The molecule has 27 heavy (non-hydrogen) atoms. The van der Waals surface area contributed by atoms with Crippen molar-refractivity contribution in [2.24, 2.45) is 0 Å². The van der Waals surface area contributed by atoms with Crippen LogP contribution in [0.2, 0.25) is 0 Å². The van der Waals surface area contributed by atoms with Gasteiger partial charge in [-0.05, 0) is 49.7 Å². The van der Waals surface area contributed by atoms with Gasteiger partial charge in [0.1, 0.15) is 5.69 Å². The summed E-state index contributed by atoms with van der Waals surface area (Å²) in [6.45, 7) is 8.18. The van der Waals surface area contributed by atoms with Gasteiger partial charge >= 0.3 is 0 Å². The number of benzene rings is 2. The highest BCUT2D eigenvalue weighted by atomic mass is 19.2. The van der Waals surface area contributed by atoms with Gasteiger partial charge in [0, 0.05) is 24.0 Å². The van der Waals surface area contributed by atoms with E-state index < -0.39 is 11.6 Å². The van der Waals surface area contributed by atoms with Crippen LogP contribution in [-0.4, -0.2) is 41.3 Å². The maximum absolute atomic E-state index is 14.2. The summed E-state index contributed by atoms with van der Waals surface area (Å²) in [4.78, 5) is 2.42. The van der Waals surface area contributed by atoms with E-state index in [0.717, 1.165) is 48.8 Å². The summed E-state index contributed by atoms with van der Waals surface area (Å²) in [6.07, 6.45) is 2.54. The molecule has 1 aliphatic rings. The van der Waals surface area contributed by atoms with Crippen molar-refractivity contribution in [3.05, 3.63) is 60.3 Å². The summed E-state index contributed by atoms with van der Waals surface area (Å²) in [6, 6.07) is 9.59. The van der Waals surface area contributed by atoms with Crippen LogP contribution in [0.5, 0.6) is 0 Å². The van der Waals surface area contributed by atoms with Crippen LogP contribution in [0.25, 0.3) is 27.7 Å². The van der Waals surface area contributed by atoms with Crippen molar-refractivity contribution in [2.45, 2.75) is 12.8 Å². The van der Waals surface area contributed by atoms with Crippen LogP contribution in [0.1, 0.15) is 18.5 Å². The third-order valence-electron chi connectivity index (χ3n) is 5.08. The Morgan fingerprint density at radius 1 is 1.19 bits per heavy atom. The van der Waals surface area contributed by atoms with Crippen molar-refractivity contribution in [3.8, 4) is 11.1 Å². The third kappa shape index (κ3) is 3.57. The molecule has 140 valence electrons. The van der Waals surface area contributed by atoms with Crippen LogP contribution in [0.4, 0.5) is 8.78 Å². The maximum Gasteiger partial charge on any atom is 0.166 e. The fourth-order valence-corrected chi connectivity index (χ4v) is 3.59. The number of fused-ring (bicyclic) bond motifs is 1. The van der Waals surface area contributed by atoms with E-state index >= 15 is 0 Å². The van der Waals surface area contributed by atoms with Crippen molar-refractivity contribution in [1.29, 1.82) is 0 Å². The molecule has 0 unspecified atom stereocenters. The smallest absolute Gasteiger partial charge is 0.166 e. The highest BCUT2D eigenvalue weighted by Gasteiger charge is 2.15. The molecule has 0 atom stereocenters. The van der Waals surface area contributed by atoms with E-state index in [0.29, 0.717) is 11.3 Å². The van der Waals surface area contributed by atoms with E-state index in [1.807, 2.05) is 12.1 Å². The molecule has 0 spiro atoms. The van der Waals surface area contributed by atoms with Gasteiger partial charge in [0.05, 0.1) is 11.2 Å². The first-order chi connectivity index (χ1) is 13.1. The van der Waals surface area contributed by atoms with Gasteiger partial charge in [-0.2, -0.15) is 5.10 Å². The molecule has 1 aromatic heterocycles. The van der Waals surface area contributed by atoms with Crippen LogP contribution >= 0.6 is 0 Å².